The highest BCUT2D eigenvalue weighted by atomic mass is 35.5. The van der Waals surface area contributed by atoms with Crippen molar-refractivity contribution in [2.24, 2.45) is 5.10 Å². The number of nitrogens with one attached hydrogen (secondary N) is 2. The van der Waals surface area contributed by atoms with E-state index in [0.717, 1.165) is 6.07 Å². The summed E-state index contributed by atoms with van der Waals surface area (Å²) in [5.41, 5.74) is 1.37. The van der Waals surface area contributed by atoms with Gasteiger partial charge in [-0.1, -0.05) is 11.6 Å². The maximum atomic E-state index is 13.5. The monoisotopic (exact) mass is 523 g/mol. The van der Waals surface area contributed by atoms with Crippen LogP contribution < -0.4 is 15.5 Å². The number of hydrogen-bond acceptors (Lipinski definition) is 6. The maximum absolute atomic E-state index is 13.5. The first-order valence-electron chi connectivity index (χ1n) is 9.14. The van der Waals surface area contributed by atoms with Crippen LogP contribution in [0.1, 0.15) is 18.1 Å². The lowest BCUT2D eigenvalue weighted by Gasteiger charge is -2.13. The topological polar surface area (TPSA) is 71.4 Å². The first-order valence-corrected chi connectivity index (χ1v) is 9.90. The second-order valence-electron chi connectivity index (χ2n) is 6.67. The van der Waals surface area contributed by atoms with Crippen molar-refractivity contribution in [3.8, 4) is 5.75 Å². The Morgan fingerprint density at radius 1 is 0.971 bits per heavy atom. The number of benzene rings is 2. The van der Waals surface area contributed by atoms with Gasteiger partial charge < -0.3 is 10.1 Å². The predicted molar refractivity (Wildman–Crippen MR) is 116 cm³/mol. The number of hydrogen-bond donors (Lipinski definition) is 2. The van der Waals surface area contributed by atoms with Crippen molar-refractivity contribution in [1.82, 2.24) is 9.97 Å². The molecule has 0 saturated carbocycles. The van der Waals surface area contributed by atoms with E-state index in [1.54, 1.807) is 0 Å². The SMILES string of the molecule is CC(F)(F)Oc1ccc(/C=N/Nc2nc(Cl)nc(Nc3ccc(F)c(C(F)(F)F)c3)c2Cl)cc1. The molecule has 0 fully saturated rings. The van der Waals surface area contributed by atoms with Crippen LogP contribution >= 0.6 is 23.2 Å². The number of nitrogens with zero attached hydrogens (tertiary/aromatic N) is 3. The molecule has 14 heteroatoms. The third-order valence-corrected chi connectivity index (χ3v) is 4.45. The summed E-state index contributed by atoms with van der Waals surface area (Å²) in [7, 11) is 0. The van der Waals surface area contributed by atoms with Gasteiger partial charge in [-0.25, -0.2) is 4.39 Å². The lowest BCUT2D eigenvalue weighted by atomic mass is 10.2. The summed E-state index contributed by atoms with van der Waals surface area (Å²) >= 11 is 12.0. The standard InChI is InChI=1S/C20H13Cl2F6N5O/c1-19(24,25)34-12-5-2-10(3-6-12)9-29-33-17-15(21)16(31-18(22)32-17)30-11-4-7-14(23)13(8-11)20(26,27)28/h2-9H,1H3,(H2,30,31,32,33)/b29-9+. The van der Waals surface area contributed by atoms with Gasteiger partial charge >= 0.3 is 12.3 Å². The quantitative estimate of drug-likeness (QED) is 0.149. The van der Waals surface area contributed by atoms with Gasteiger partial charge in [0.25, 0.3) is 0 Å². The van der Waals surface area contributed by atoms with Crippen LogP contribution in [0.25, 0.3) is 0 Å². The van der Waals surface area contributed by atoms with Crippen LogP contribution in [0, 0.1) is 5.82 Å². The number of ether oxygens (including phenoxy) is 1. The van der Waals surface area contributed by atoms with Gasteiger partial charge in [-0.05, 0) is 59.6 Å². The van der Waals surface area contributed by atoms with E-state index >= 15 is 0 Å². The van der Waals surface area contributed by atoms with Crippen LogP contribution in [0.4, 0.5) is 43.7 Å². The zero-order chi connectivity index (χ0) is 25.1. The molecular formula is C20H13Cl2F6N5O. The Morgan fingerprint density at radius 3 is 2.24 bits per heavy atom. The zero-order valence-electron chi connectivity index (χ0n) is 16.9. The molecule has 3 rings (SSSR count). The molecule has 2 aromatic carbocycles. The van der Waals surface area contributed by atoms with Crippen molar-refractivity contribution in [2.45, 2.75) is 19.2 Å². The summed E-state index contributed by atoms with van der Waals surface area (Å²) in [6, 6.07) is 7.80. The Kier molecular flexibility index (Phi) is 7.41. The molecule has 0 spiro atoms. The van der Waals surface area contributed by atoms with Crippen LogP contribution in [-0.4, -0.2) is 22.3 Å². The first-order chi connectivity index (χ1) is 15.8. The Bertz CT molecular complexity index is 1200. The molecule has 34 heavy (non-hydrogen) atoms. The van der Waals surface area contributed by atoms with E-state index < -0.39 is 23.7 Å². The summed E-state index contributed by atoms with van der Waals surface area (Å²) in [5, 5.41) is 5.94. The highest BCUT2D eigenvalue weighted by Gasteiger charge is 2.34. The smallest absolute Gasteiger partial charge is 0.419 e. The van der Waals surface area contributed by atoms with Gasteiger partial charge in [0.1, 0.15) is 16.6 Å². The molecular weight excluding hydrogens is 511 g/mol. The van der Waals surface area contributed by atoms with Gasteiger partial charge in [0, 0.05) is 12.6 Å². The van der Waals surface area contributed by atoms with Crippen molar-refractivity contribution >= 4 is 46.7 Å². The molecule has 3 aromatic rings. The summed E-state index contributed by atoms with van der Waals surface area (Å²) in [4.78, 5) is 7.66. The highest BCUT2D eigenvalue weighted by Crippen LogP contribution is 2.35. The molecule has 0 aliphatic rings. The second-order valence-corrected chi connectivity index (χ2v) is 7.39. The average Bonchev–Trinajstić information content (AvgIpc) is 2.72. The van der Waals surface area contributed by atoms with E-state index in [9.17, 15) is 26.3 Å². The minimum Gasteiger partial charge on any atom is -0.433 e. The zero-order valence-corrected chi connectivity index (χ0v) is 18.4. The van der Waals surface area contributed by atoms with Gasteiger partial charge in [0.15, 0.2) is 11.6 Å². The van der Waals surface area contributed by atoms with Gasteiger partial charge in [0.2, 0.25) is 5.28 Å². The molecule has 0 saturated heterocycles. The van der Waals surface area contributed by atoms with Crippen LogP contribution in [0.3, 0.4) is 0 Å². The molecule has 0 bridgehead atoms. The maximum Gasteiger partial charge on any atom is 0.419 e. The Balaban J connectivity index is 1.76. The van der Waals surface area contributed by atoms with E-state index in [4.69, 9.17) is 23.2 Å². The largest absolute Gasteiger partial charge is 0.433 e. The number of aromatic nitrogens is 2. The third kappa shape index (κ3) is 6.87. The average molecular weight is 524 g/mol. The van der Waals surface area contributed by atoms with E-state index in [-0.39, 0.29) is 33.4 Å². The van der Waals surface area contributed by atoms with Crippen LogP contribution in [0.15, 0.2) is 47.6 Å². The van der Waals surface area contributed by atoms with Gasteiger partial charge in [-0.15, -0.1) is 0 Å². The minimum absolute atomic E-state index is 0.0478. The third-order valence-electron chi connectivity index (χ3n) is 3.92. The fourth-order valence-electron chi connectivity index (χ4n) is 2.53. The van der Waals surface area contributed by atoms with Crippen molar-refractivity contribution in [2.75, 3.05) is 10.7 Å². The van der Waals surface area contributed by atoms with Crippen molar-refractivity contribution < 1.29 is 31.1 Å². The van der Waals surface area contributed by atoms with Crippen LogP contribution in [-0.2, 0) is 6.18 Å². The highest BCUT2D eigenvalue weighted by molar-refractivity contribution is 6.36. The fraction of sp³-hybridized carbons (Fsp3) is 0.150. The fourth-order valence-corrected chi connectivity index (χ4v) is 2.87. The van der Waals surface area contributed by atoms with E-state index in [2.05, 4.69) is 30.5 Å². The molecule has 0 amide bonds. The number of hydrazone groups is 1. The van der Waals surface area contributed by atoms with Crippen molar-refractivity contribution in [3.05, 3.63) is 69.7 Å². The lowest BCUT2D eigenvalue weighted by Crippen LogP contribution is -2.18. The van der Waals surface area contributed by atoms with E-state index in [1.165, 1.54) is 30.5 Å². The number of rotatable bonds is 7. The van der Waals surface area contributed by atoms with Gasteiger partial charge in [-0.2, -0.15) is 37.0 Å². The first kappa shape index (κ1) is 25.4. The number of anilines is 3. The molecule has 0 aliphatic heterocycles. The second kappa shape index (κ2) is 9.94. The summed E-state index contributed by atoms with van der Waals surface area (Å²) in [6.07, 6.45) is -6.92. The van der Waals surface area contributed by atoms with Gasteiger partial charge in [0.05, 0.1) is 11.8 Å². The number of halogens is 8. The summed E-state index contributed by atoms with van der Waals surface area (Å²) in [6.45, 7) is 0.608. The Hall–Kier alpha value is -3.25. The van der Waals surface area contributed by atoms with Gasteiger partial charge in [-0.3, -0.25) is 5.43 Å². The van der Waals surface area contributed by atoms with Crippen LogP contribution in [0.5, 0.6) is 5.75 Å². The van der Waals surface area contributed by atoms with E-state index in [1.807, 2.05) is 0 Å². The molecule has 0 atom stereocenters. The predicted octanol–water partition coefficient (Wildman–Crippen LogP) is 7.12. The van der Waals surface area contributed by atoms with Crippen molar-refractivity contribution in [1.29, 1.82) is 0 Å². The molecule has 0 radical (unpaired) electrons. The molecule has 1 heterocycles. The Morgan fingerprint density at radius 2 is 1.62 bits per heavy atom. The van der Waals surface area contributed by atoms with Crippen molar-refractivity contribution in [3.63, 3.8) is 0 Å². The molecule has 0 aliphatic carbocycles. The molecule has 1 aromatic heterocycles. The molecule has 6 nitrogen and oxygen atoms in total. The molecule has 0 unspecified atom stereocenters. The van der Waals surface area contributed by atoms with E-state index in [0.29, 0.717) is 24.6 Å². The lowest BCUT2D eigenvalue weighted by molar-refractivity contribution is -0.159. The summed E-state index contributed by atoms with van der Waals surface area (Å²) < 4.78 is 82.5. The summed E-state index contributed by atoms with van der Waals surface area (Å²) in [5.74, 6) is -1.75. The minimum atomic E-state index is -4.90. The van der Waals surface area contributed by atoms with Crippen LogP contribution in [0.2, 0.25) is 10.3 Å². The number of alkyl halides is 5. The molecule has 2 N–H and O–H groups in total. The Labute approximate surface area is 198 Å². The normalized spacial score (nSPS) is 12.1. The molecule has 180 valence electrons.